The summed E-state index contributed by atoms with van der Waals surface area (Å²) in [4.78, 5) is 18.2. The zero-order chi connectivity index (χ0) is 12.6. The predicted octanol–water partition coefficient (Wildman–Crippen LogP) is -0.968. The average molecular weight is 235 g/mol. The molecule has 0 bridgehead atoms. The molecule has 0 aromatic heterocycles. The lowest BCUT2D eigenvalue weighted by Gasteiger charge is -2.31. The second-order valence-electron chi connectivity index (χ2n) is 3.53. The minimum atomic E-state index is -1.82. The van der Waals surface area contributed by atoms with E-state index in [9.17, 15) is 5.11 Å². The quantitative estimate of drug-likeness (QED) is 0.453. The van der Waals surface area contributed by atoms with Gasteiger partial charge in [0.2, 0.25) is 0 Å². The second-order valence-corrected chi connectivity index (χ2v) is 3.53. The molecule has 0 aliphatic carbocycles. The molecule has 0 spiro atoms. The molecule has 0 aromatic carbocycles. The standard InChI is InChI=1S/C7H15NO2.C2H2O4/c8-4-3-7(9)2-1-5-10-6-7;3-1(4)2(5)6/h9H,1-6,8H2;(H,3,4)(H,5,6). The van der Waals surface area contributed by atoms with Crippen LogP contribution in [-0.4, -0.2) is 52.6 Å². The van der Waals surface area contributed by atoms with Crippen LogP contribution in [0.1, 0.15) is 19.3 Å². The van der Waals surface area contributed by atoms with Gasteiger partial charge < -0.3 is 25.8 Å². The number of nitrogens with two attached hydrogens (primary N) is 1. The highest BCUT2D eigenvalue weighted by Crippen LogP contribution is 2.21. The summed E-state index contributed by atoms with van der Waals surface area (Å²) in [5, 5.41) is 24.4. The fraction of sp³-hybridized carbons (Fsp3) is 0.778. The molecular formula is C9H17NO6. The maximum atomic E-state index is 9.67. The van der Waals surface area contributed by atoms with Gasteiger partial charge in [0.25, 0.3) is 0 Å². The normalized spacial score (nSPS) is 24.1. The molecule has 94 valence electrons. The number of hydrogen-bond donors (Lipinski definition) is 4. The number of carboxylic acids is 2. The zero-order valence-electron chi connectivity index (χ0n) is 8.89. The van der Waals surface area contributed by atoms with Gasteiger partial charge in [0.15, 0.2) is 0 Å². The van der Waals surface area contributed by atoms with E-state index in [1.54, 1.807) is 0 Å². The van der Waals surface area contributed by atoms with Gasteiger partial charge in [-0.05, 0) is 25.8 Å². The van der Waals surface area contributed by atoms with Crippen molar-refractivity contribution in [3.63, 3.8) is 0 Å². The second kappa shape index (κ2) is 7.15. The van der Waals surface area contributed by atoms with Crippen LogP contribution in [0.3, 0.4) is 0 Å². The largest absolute Gasteiger partial charge is 0.473 e. The first kappa shape index (κ1) is 14.8. The number of aliphatic carboxylic acids is 2. The molecule has 16 heavy (non-hydrogen) atoms. The highest BCUT2D eigenvalue weighted by molar-refractivity contribution is 6.27. The Kier molecular flexibility index (Phi) is 6.63. The van der Waals surface area contributed by atoms with Gasteiger partial charge in [-0.1, -0.05) is 0 Å². The van der Waals surface area contributed by atoms with E-state index in [1.807, 2.05) is 0 Å². The van der Waals surface area contributed by atoms with Crippen LogP contribution in [0.5, 0.6) is 0 Å². The third-order valence-electron chi connectivity index (χ3n) is 2.09. The van der Waals surface area contributed by atoms with Crippen molar-refractivity contribution in [1.29, 1.82) is 0 Å². The zero-order valence-corrected chi connectivity index (χ0v) is 8.89. The van der Waals surface area contributed by atoms with Crippen molar-refractivity contribution in [2.75, 3.05) is 19.8 Å². The number of aliphatic hydroxyl groups is 1. The van der Waals surface area contributed by atoms with E-state index in [1.165, 1.54) is 0 Å². The summed E-state index contributed by atoms with van der Waals surface area (Å²) in [6.45, 7) is 1.79. The highest BCUT2D eigenvalue weighted by atomic mass is 16.5. The van der Waals surface area contributed by atoms with Crippen LogP contribution >= 0.6 is 0 Å². The Morgan fingerprint density at radius 3 is 2.19 bits per heavy atom. The average Bonchev–Trinajstić information content (AvgIpc) is 2.19. The SMILES string of the molecule is NCCC1(O)CCCOC1.O=C(O)C(=O)O. The van der Waals surface area contributed by atoms with Gasteiger partial charge in [0, 0.05) is 6.61 Å². The molecule has 1 heterocycles. The summed E-state index contributed by atoms with van der Waals surface area (Å²) < 4.78 is 5.13. The smallest absolute Gasteiger partial charge is 0.414 e. The summed E-state index contributed by atoms with van der Waals surface area (Å²) >= 11 is 0. The third kappa shape index (κ3) is 6.33. The van der Waals surface area contributed by atoms with Crippen LogP contribution in [0.15, 0.2) is 0 Å². The Bertz CT molecular complexity index is 219. The lowest BCUT2D eigenvalue weighted by Crippen LogP contribution is -2.40. The Morgan fingerprint density at radius 1 is 1.31 bits per heavy atom. The van der Waals surface area contributed by atoms with Crippen molar-refractivity contribution in [1.82, 2.24) is 0 Å². The summed E-state index contributed by atoms with van der Waals surface area (Å²) in [6, 6.07) is 0. The van der Waals surface area contributed by atoms with Crippen molar-refractivity contribution >= 4 is 11.9 Å². The van der Waals surface area contributed by atoms with Crippen molar-refractivity contribution in [3.8, 4) is 0 Å². The molecular weight excluding hydrogens is 218 g/mol. The number of rotatable bonds is 2. The van der Waals surface area contributed by atoms with E-state index in [-0.39, 0.29) is 0 Å². The molecule has 1 saturated heterocycles. The fourth-order valence-corrected chi connectivity index (χ4v) is 1.30. The van der Waals surface area contributed by atoms with Crippen LogP contribution in [0.2, 0.25) is 0 Å². The van der Waals surface area contributed by atoms with Crippen molar-refractivity contribution in [2.45, 2.75) is 24.9 Å². The Labute approximate surface area is 92.8 Å². The first-order valence-electron chi connectivity index (χ1n) is 4.88. The van der Waals surface area contributed by atoms with Gasteiger partial charge in [-0.15, -0.1) is 0 Å². The van der Waals surface area contributed by atoms with E-state index in [0.29, 0.717) is 19.6 Å². The molecule has 7 nitrogen and oxygen atoms in total. The maximum absolute atomic E-state index is 9.67. The van der Waals surface area contributed by atoms with E-state index < -0.39 is 17.5 Å². The van der Waals surface area contributed by atoms with E-state index >= 15 is 0 Å². The topological polar surface area (TPSA) is 130 Å². The van der Waals surface area contributed by atoms with Gasteiger partial charge in [0.05, 0.1) is 12.2 Å². The molecule has 0 saturated carbocycles. The lowest BCUT2D eigenvalue weighted by atomic mass is 9.93. The minimum Gasteiger partial charge on any atom is -0.473 e. The van der Waals surface area contributed by atoms with Crippen LogP contribution < -0.4 is 5.73 Å². The number of carbonyl (C=O) groups is 2. The van der Waals surface area contributed by atoms with Crippen LogP contribution in [0.4, 0.5) is 0 Å². The van der Waals surface area contributed by atoms with Crippen molar-refractivity contribution in [2.24, 2.45) is 5.73 Å². The number of hydrogen-bond acceptors (Lipinski definition) is 5. The lowest BCUT2D eigenvalue weighted by molar-refractivity contribution is -0.159. The Hall–Kier alpha value is -1.18. The molecule has 5 N–H and O–H groups in total. The highest BCUT2D eigenvalue weighted by Gasteiger charge is 2.28. The van der Waals surface area contributed by atoms with E-state index in [2.05, 4.69) is 0 Å². The van der Waals surface area contributed by atoms with Crippen LogP contribution in [0.25, 0.3) is 0 Å². The van der Waals surface area contributed by atoms with Crippen LogP contribution in [-0.2, 0) is 14.3 Å². The first-order valence-corrected chi connectivity index (χ1v) is 4.88. The number of ether oxygens (including phenoxy) is 1. The summed E-state index contributed by atoms with van der Waals surface area (Å²) in [5.74, 6) is -3.65. The van der Waals surface area contributed by atoms with Gasteiger partial charge >= 0.3 is 11.9 Å². The molecule has 1 atom stereocenters. The number of carboxylic acid groups (broad SMARTS) is 2. The van der Waals surface area contributed by atoms with E-state index in [0.717, 1.165) is 19.4 Å². The molecule has 1 rings (SSSR count). The van der Waals surface area contributed by atoms with E-state index in [4.69, 9.17) is 30.3 Å². The minimum absolute atomic E-state index is 0.462. The molecule has 1 fully saturated rings. The molecule has 0 amide bonds. The van der Waals surface area contributed by atoms with Crippen molar-refractivity contribution in [3.05, 3.63) is 0 Å². The Morgan fingerprint density at radius 2 is 1.88 bits per heavy atom. The Balaban J connectivity index is 0.000000325. The molecule has 1 aliphatic heterocycles. The molecule has 1 unspecified atom stereocenters. The van der Waals surface area contributed by atoms with Gasteiger partial charge in [-0.25, -0.2) is 9.59 Å². The fourth-order valence-electron chi connectivity index (χ4n) is 1.30. The van der Waals surface area contributed by atoms with Crippen molar-refractivity contribution < 1.29 is 29.6 Å². The predicted molar refractivity (Wildman–Crippen MR) is 53.9 cm³/mol. The maximum Gasteiger partial charge on any atom is 0.414 e. The molecule has 0 radical (unpaired) electrons. The van der Waals surface area contributed by atoms with Gasteiger partial charge in [-0.3, -0.25) is 0 Å². The molecule has 0 aromatic rings. The monoisotopic (exact) mass is 235 g/mol. The summed E-state index contributed by atoms with van der Waals surface area (Å²) in [6.07, 6.45) is 2.45. The van der Waals surface area contributed by atoms with Gasteiger partial charge in [0.1, 0.15) is 0 Å². The third-order valence-corrected chi connectivity index (χ3v) is 2.09. The molecule has 7 heteroatoms. The molecule has 1 aliphatic rings. The summed E-state index contributed by atoms with van der Waals surface area (Å²) in [5.41, 5.74) is 4.71. The van der Waals surface area contributed by atoms with Gasteiger partial charge in [-0.2, -0.15) is 0 Å². The van der Waals surface area contributed by atoms with Crippen LogP contribution in [0, 0.1) is 0 Å². The first-order chi connectivity index (χ1) is 7.41. The summed E-state index contributed by atoms with van der Waals surface area (Å²) in [7, 11) is 0.